The fraction of sp³-hybridized carbons (Fsp3) is 0.137. The first kappa shape index (κ1) is 45.2. The molecule has 2 aliphatic heterocycles. The molecule has 0 bridgehead atoms. The van der Waals surface area contributed by atoms with Crippen molar-refractivity contribution in [1.29, 1.82) is 0 Å². The molecule has 0 unspecified atom stereocenters. The third-order valence-electron chi connectivity index (χ3n) is 11.2. The second-order valence-electron chi connectivity index (χ2n) is 16.1. The summed E-state index contributed by atoms with van der Waals surface area (Å²) in [6.07, 6.45) is 0. The van der Waals surface area contributed by atoms with E-state index in [0.717, 1.165) is 51.4 Å². The third kappa shape index (κ3) is 9.35. The molecule has 1 fully saturated rings. The second-order valence-corrected chi connectivity index (χ2v) is 19.2. The first-order chi connectivity index (χ1) is 31.8. The molecule has 0 radical (unpaired) electrons. The first-order valence-corrected chi connectivity index (χ1v) is 24.0. The summed E-state index contributed by atoms with van der Waals surface area (Å²) in [7, 11) is 8.07. The number of rotatable bonds is 12. The number of carbonyl (C=O) groups is 2. The topological polar surface area (TPSA) is 81.3 Å². The molecule has 0 aromatic heterocycles. The van der Waals surface area contributed by atoms with Crippen LogP contribution in [0.1, 0.15) is 20.7 Å². The molecular formula is C51H42Br4N6O5. The van der Waals surface area contributed by atoms with Gasteiger partial charge in [0.05, 0.1) is 36.8 Å². The van der Waals surface area contributed by atoms with E-state index in [2.05, 4.69) is 112 Å². The van der Waals surface area contributed by atoms with Crippen LogP contribution in [-0.2, 0) is 0 Å². The quantitative estimate of drug-likeness (QED) is 0.0670. The van der Waals surface area contributed by atoms with Crippen LogP contribution in [0, 0.1) is 0 Å². The van der Waals surface area contributed by atoms with Crippen molar-refractivity contribution in [2.45, 2.75) is 0 Å². The molecule has 2 aliphatic rings. The SMILES string of the molecule is CN(C)c1ccc(Oc2ccc(N3CN(c4ccc(Oc5ccc(N(C)C)cc5)cc4)CN(c4ccc(Oc5ccc(N6C(=O)c7c(Br)c(Br)c(Br)c(Br)c7C6=O)cc5)cc4)C3)cc2)cc1. The number of amides is 2. The van der Waals surface area contributed by atoms with Crippen LogP contribution in [0.3, 0.4) is 0 Å². The average molecular weight is 1140 g/mol. The monoisotopic (exact) mass is 1130 g/mol. The molecule has 0 atom stereocenters. The number of halogens is 4. The molecule has 11 nitrogen and oxygen atoms in total. The van der Waals surface area contributed by atoms with Gasteiger partial charge in [-0.25, -0.2) is 4.90 Å². The maximum Gasteiger partial charge on any atom is 0.267 e. The van der Waals surface area contributed by atoms with Crippen LogP contribution in [0.2, 0.25) is 0 Å². The number of anilines is 6. The van der Waals surface area contributed by atoms with Gasteiger partial charge in [0, 0.05) is 74.5 Å². The van der Waals surface area contributed by atoms with E-state index in [9.17, 15) is 9.59 Å². The number of hydrogen-bond donors (Lipinski definition) is 0. The number of hydrogen-bond acceptors (Lipinski definition) is 10. The van der Waals surface area contributed by atoms with Gasteiger partial charge < -0.3 is 38.7 Å². The van der Waals surface area contributed by atoms with E-state index in [1.54, 1.807) is 24.3 Å². The molecule has 2 heterocycles. The van der Waals surface area contributed by atoms with E-state index in [1.807, 2.05) is 125 Å². The Morgan fingerprint density at radius 2 is 0.606 bits per heavy atom. The van der Waals surface area contributed by atoms with Gasteiger partial charge in [-0.15, -0.1) is 0 Å². The highest BCUT2D eigenvalue weighted by Crippen LogP contribution is 2.46. The Morgan fingerprint density at radius 1 is 0.364 bits per heavy atom. The van der Waals surface area contributed by atoms with Crippen LogP contribution >= 0.6 is 63.7 Å². The zero-order valence-electron chi connectivity index (χ0n) is 36.2. The van der Waals surface area contributed by atoms with Gasteiger partial charge in [-0.2, -0.15) is 0 Å². The average Bonchev–Trinajstić information content (AvgIpc) is 3.60. The number of benzene rings is 7. The molecule has 0 aliphatic carbocycles. The van der Waals surface area contributed by atoms with Crippen molar-refractivity contribution in [3.8, 4) is 34.5 Å². The van der Waals surface area contributed by atoms with Crippen LogP contribution in [0.15, 0.2) is 163 Å². The Hall–Kier alpha value is -6.00. The fourth-order valence-corrected chi connectivity index (χ4v) is 10.2. The molecule has 0 N–H and O–H groups in total. The van der Waals surface area contributed by atoms with E-state index < -0.39 is 11.8 Å². The summed E-state index contributed by atoms with van der Waals surface area (Å²) in [6, 6.07) is 47.3. The lowest BCUT2D eigenvalue weighted by molar-refractivity contribution is 0.0925. The molecular weight excluding hydrogens is 1100 g/mol. The summed E-state index contributed by atoms with van der Waals surface area (Å²) in [6.45, 7) is 1.91. The summed E-state index contributed by atoms with van der Waals surface area (Å²) in [5, 5.41) is 0. The minimum atomic E-state index is -0.420. The lowest BCUT2D eigenvalue weighted by Crippen LogP contribution is -2.55. The van der Waals surface area contributed by atoms with Gasteiger partial charge >= 0.3 is 0 Å². The molecule has 1 saturated heterocycles. The molecule has 7 aromatic carbocycles. The van der Waals surface area contributed by atoms with Crippen LogP contribution in [0.5, 0.6) is 34.5 Å². The molecule has 334 valence electrons. The molecule has 2 amide bonds. The molecule has 66 heavy (non-hydrogen) atoms. The van der Waals surface area contributed by atoms with Gasteiger partial charge in [-0.3, -0.25) is 9.59 Å². The van der Waals surface area contributed by atoms with Crippen molar-refractivity contribution >= 4 is 110 Å². The maximum absolute atomic E-state index is 13.5. The summed E-state index contributed by atoms with van der Waals surface area (Å²) in [5.74, 6) is 3.42. The Balaban J connectivity index is 0.913. The number of nitrogens with zero attached hydrogens (tertiary/aromatic N) is 6. The van der Waals surface area contributed by atoms with Gasteiger partial charge in [-0.1, -0.05) is 0 Å². The molecule has 0 saturated carbocycles. The van der Waals surface area contributed by atoms with Crippen LogP contribution in [-0.4, -0.2) is 60.0 Å². The number of imide groups is 1. The molecule has 0 spiro atoms. The fourth-order valence-electron chi connectivity index (χ4n) is 7.70. The highest BCUT2D eigenvalue weighted by Gasteiger charge is 2.42. The number of carbonyl (C=O) groups excluding carboxylic acids is 2. The van der Waals surface area contributed by atoms with E-state index in [1.165, 1.54) is 4.90 Å². The highest BCUT2D eigenvalue weighted by atomic mass is 79.9. The van der Waals surface area contributed by atoms with Crippen molar-refractivity contribution < 1.29 is 23.8 Å². The smallest absolute Gasteiger partial charge is 0.267 e. The van der Waals surface area contributed by atoms with Crippen LogP contribution in [0.4, 0.5) is 34.1 Å². The maximum atomic E-state index is 13.5. The first-order valence-electron chi connectivity index (χ1n) is 20.8. The number of fused-ring (bicyclic) bond motifs is 1. The van der Waals surface area contributed by atoms with Crippen molar-refractivity contribution in [2.75, 3.05) is 77.6 Å². The van der Waals surface area contributed by atoms with E-state index in [0.29, 0.717) is 55.1 Å². The second kappa shape index (κ2) is 19.1. The molecule has 9 rings (SSSR count). The standard InChI is InChI=1S/C51H42Br4N6O5/c1-56(2)32-5-17-38(18-6-32)64-40-21-9-34(10-22-40)58-29-59(35-11-23-41(24-12-35)65-39-19-7-33(8-20-39)57(3)4)31-60(30-58)36-13-25-42(26-14-36)66-43-27-15-37(16-28-43)61-50(62)44-45(51(61)63)47(53)49(55)48(54)46(44)52/h5-28H,29-31H2,1-4H3. The lowest BCUT2D eigenvalue weighted by Gasteiger charge is -2.45. The zero-order valence-corrected chi connectivity index (χ0v) is 42.6. The molecule has 15 heteroatoms. The van der Waals surface area contributed by atoms with Gasteiger partial charge in [0.2, 0.25) is 0 Å². The summed E-state index contributed by atoms with van der Waals surface area (Å²) >= 11 is 14.0. The summed E-state index contributed by atoms with van der Waals surface area (Å²) < 4.78 is 21.0. The largest absolute Gasteiger partial charge is 0.457 e. The Labute approximate surface area is 417 Å². The van der Waals surface area contributed by atoms with Crippen molar-refractivity contribution in [3.05, 3.63) is 175 Å². The van der Waals surface area contributed by atoms with Gasteiger partial charge in [0.1, 0.15) is 34.5 Å². The Bertz CT molecular complexity index is 2750. The minimum absolute atomic E-state index is 0.290. The summed E-state index contributed by atoms with van der Waals surface area (Å²) in [5.41, 5.74) is 6.33. The van der Waals surface area contributed by atoms with Crippen molar-refractivity contribution in [1.82, 2.24) is 0 Å². The summed E-state index contributed by atoms with van der Waals surface area (Å²) in [4.78, 5) is 39.3. The highest BCUT2D eigenvalue weighted by molar-refractivity contribution is 9.15. The van der Waals surface area contributed by atoms with Crippen molar-refractivity contribution in [2.24, 2.45) is 0 Å². The molecule has 7 aromatic rings. The Morgan fingerprint density at radius 3 is 0.864 bits per heavy atom. The lowest BCUT2D eigenvalue weighted by atomic mass is 10.1. The normalized spacial score (nSPS) is 13.5. The zero-order chi connectivity index (χ0) is 46.2. The Kier molecular flexibility index (Phi) is 13.1. The van der Waals surface area contributed by atoms with Crippen molar-refractivity contribution in [3.63, 3.8) is 0 Å². The minimum Gasteiger partial charge on any atom is -0.457 e. The number of ether oxygens (including phenoxy) is 3. The van der Waals surface area contributed by atoms with Gasteiger partial charge in [0.15, 0.2) is 0 Å². The predicted octanol–water partition coefficient (Wildman–Crippen LogP) is 13.8. The van der Waals surface area contributed by atoms with E-state index in [-0.39, 0.29) is 11.1 Å². The van der Waals surface area contributed by atoms with Gasteiger partial charge in [-0.05, 0) is 209 Å². The van der Waals surface area contributed by atoms with E-state index >= 15 is 0 Å². The third-order valence-corrected chi connectivity index (χ3v) is 16.0. The van der Waals surface area contributed by atoms with E-state index in [4.69, 9.17) is 14.2 Å². The van der Waals surface area contributed by atoms with Crippen LogP contribution < -0.4 is 43.6 Å². The van der Waals surface area contributed by atoms with Gasteiger partial charge in [0.25, 0.3) is 11.8 Å². The van der Waals surface area contributed by atoms with Crippen LogP contribution in [0.25, 0.3) is 0 Å². The predicted molar refractivity (Wildman–Crippen MR) is 278 cm³/mol.